The van der Waals surface area contributed by atoms with Gasteiger partial charge >= 0.3 is 0 Å². The molecule has 1 heteroatoms. The Kier molecular flexibility index (Phi) is 5.33. The van der Waals surface area contributed by atoms with Crippen LogP contribution in [-0.4, -0.2) is 0 Å². The highest BCUT2D eigenvalue weighted by molar-refractivity contribution is 5.96. The summed E-state index contributed by atoms with van der Waals surface area (Å²) in [5.74, 6) is 2.08. The minimum atomic E-state index is -0.365. The van der Waals surface area contributed by atoms with Crippen molar-refractivity contribution in [3.05, 3.63) is 204 Å². The molecule has 0 aliphatic heterocycles. The third kappa shape index (κ3) is 3.46. The predicted molar refractivity (Wildman–Crippen MR) is 197 cm³/mol. The molecule has 226 valence electrons. The van der Waals surface area contributed by atoms with Gasteiger partial charge in [-0.3, -0.25) is 0 Å². The molecule has 6 aromatic rings. The van der Waals surface area contributed by atoms with Gasteiger partial charge < -0.3 is 4.90 Å². The minimum absolute atomic E-state index is 0.242. The van der Waals surface area contributed by atoms with Crippen LogP contribution < -0.4 is 4.90 Å². The molecule has 2 unspecified atom stereocenters. The second-order valence-electron chi connectivity index (χ2n) is 14.0. The third-order valence-corrected chi connectivity index (χ3v) is 11.7. The van der Waals surface area contributed by atoms with E-state index in [0.29, 0.717) is 17.8 Å². The van der Waals surface area contributed by atoms with Crippen LogP contribution in [0.4, 0.5) is 11.4 Å². The molecule has 0 aromatic heterocycles. The maximum absolute atomic E-state index is 2.59. The Balaban J connectivity index is 1.15. The molecule has 6 aromatic carbocycles. The lowest BCUT2D eigenvalue weighted by molar-refractivity contribution is 0.793. The first-order chi connectivity index (χ1) is 23.8. The molecule has 48 heavy (non-hydrogen) atoms. The van der Waals surface area contributed by atoms with Crippen molar-refractivity contribution >= 4 is 11.4 Å². The van der Waals surface area contributed by atoms with Gasteiger partial charge in [0.15, 0.2) is 0 Å². The average Bonchev–Trinajstić information content (AvgIpc) is 3.79. The molecule has 0 N–H and O–H groups in total. The molecule has 0 heterocycles. The topological polar surface area (TPSA) is 3.24 Å². The Bertz CT molecular complexity index is 2290. The summed E-state index contributed by atoms with van der Waals surface area (Å²) in [6, 6.07) is 54.4. The van der Waals surface area contributed by atoms with E-state index in [2.05, 4.69) is 181 Å². The molecule has 1 saturated carbocycles. The molecular formula is C47H33N. The fourth-order valence-corrected chi connectivity index (χ4v) is 9.51. The SMILES string of the molecule is C1=CC2C3C=CC1C(N(c1ccc(-c4ccccc4)cc1)c1ccc4c(c1)C1(c5ccccc5-c5ccccc51)c1ccccc1-4)=CC23. The van der Waals surface area contributed by atoms with Crippen molar-refractivity contribution in [2.75, 3.05) is 4.90 Å². The Morgan fingerprint density at radius 1 is 0.396 bits per heavy atom. The zero-order valence-corrected chi connectivity index (χ0v) is 26.5. The lowest BCUT2D eigenvalue weighted by Crippen LogP contribution is -2.27. The number of hydrogen-bond acceptors (Lipinski definition) is 1. The normalized spacial score (nSPS) is 22.3. The van der Waals surface area contributed by atoms with Crippen LogP contribution in [0.2, 0.25) is 0 Å². The quantitative estimate of drug-likeness (QED) is 0.179. The van der Waals surface area contributed by atoms with Gasteiger partial charge in [0.05, 0.1) is 5.41 Å². The first-order valence-corrected chi connectivity index (χ1v) is 17.3. The summed E-state index contributed by atoms with van der Waals surface area (Å²) in [7, 11) is 0. The fourth-order valence-electron chi connectivity index (χ4n) is 9.51. The molecule has 2 atom stereocenters. The van der Waals surface area contributed by atoms with E-state index in [0.717, 1.165) is 0 Å². The largest absolute Gasteiger partial charge is 0.314 e. The average molecular weight is 612 g/mol. The fraction of sp³-hybridized carbons (Fsp3) is 0.106. The summed E-state index contributed by atoms with van der Waals surface area (Å²) in [4.78, 5) is 2.56. The second kappa shape index (κ2) is 9.69. The minimum Gasteiger partial charge on any atom is -0.314 e. The van der Waals surface area contributed by atoms with Crippen LogP contribution in [0.3, 0.4) is 0 Å². The summed E-state index contributed by atoms with van der Waals surface area (Å²) < 4.78 is 0. The van der Waals surface area contributed by atoms with Crippen LogP contribution in [0.25, 0.3) is 33.4 Å². The summed E-state index contributed by atoms with van der Waals surface area (Å²) in [5.41, 5.74) is 16.8. The van der Waals surface area contributed by atoms with E-state index in [1.165, 1.54) is 72.7 Å². The molecule has 0 radical (unpaired) electrons. The molecule has 6 aliphatic carbocycles. The van der Waals surface area contributed by atoms with Crippen molar-refractivity contribution in [3.63, 3.8) is 0 Å². The molecular weight excluding hydrogens is 579 g/mol. The van der Waals surface area contributed by atoms with Crippen molar-refractivity contribution in [3.8, 4) is 33.4 Å². The summed E-state index contributed by atoms with van der Waals surface area (Å²) >= 11 is 0. The maximum Gasteiger partial charge on any atom is 0.0726 e. The van der Waals surface area contributed by atoms with Gasteiger partial charge in [0.2, 0.25) is 0 Å². The Labute approximate surface area is 281 Å². The van der Waals surface area contributed by atoms with Gasteiger partial charge in [-0.15, -0.1) is 0 Å². The van der Waals surface area contributed by atoms with Crippen molar-refractivity contribution in [1.29, 1.82) is 0 Å². The second-order valence-corrected chi connectivity index (χ2v) is 14.0. The monoisotopic (exact) mass is 611 g/mol. The zero-order valence-electron chi connectivity index (χ0n) is 26.5. The van der Waals surface area contributed by atoms with E-state index >= 15 is 0 Å². The van der Waals surface area contributed by atoms with E-state index in [-0.39, 0.29) is 11.3 Å². The number of rotatable bonds is 4. The molecule has 1 spiro atoms. The first kappa shape index (κ1) is 26.4. The van der Waals surface area contributed by atoms with Crippen LogP contribution in [0, 0.1) is 23.7 Å². The van der Waals surface area contributed by atoms with Crippen LogP contribution in [0.15, 0.2) is 182 Å². The van der Waals surface area contributed by atoms with Gasteiger partial charge in [0.25, 0.3) is 0 Å². The van der Waals surface area contributed by atoms with E-state index in [9.17, 15) is 0 Å². The van der Waals surface area contributed by atoms with Gasteiger partial charge in [0, 0.05) is 23.0 Å². The number of hydrogen-bond donors (Lipinski definition) is 0. The maximum atomic E-state index is 2.59. The van der Waals surface area contributed by atoms with Crippen molar-refractivity contribution < 1.29 is 0 Å². The molecule has 6 aliphatic rings. The number of fused-ring (bicyclic) bond motifs is 10. The summed E-state index contributed by atoms with van der Waals surface area (Å²) in [6.07, 6.45) is 12.4. The van der Waals surface area contributed by atoms with Crippen molar-refractivity contribution in [2.45, 2.75) is 5.41 Å². The van der Waals surface area contributed by atoms with Gasteiger partial charge in [-0.05, 0) is 97.7 Å². The van der Waals surface area contributed by atoms with Gasteiger partial charge in [0.1, 0.15) is 0 Å². The van der Waals surface area contributed by atoms with Crippen LogP contribution >= 0.6 is 0 Å². The highest BCUT2D eigenvalue weighted by Gasteiger charge is 2.52. The number of benzene rings is 6. The molecule has 1 fully saturated rings. The Morgan fingerprint density at radius 2 is 0.896 bits per heavy atom. The van der Waals surface area contributed by atoms with Gasteiger partial charge in [-0.25, -0.2) is 0 Å². The Morgan fingerprint density at radius 3 is 1.50 bits per heavy atom. The molecule has 1 nitrogen and oxygen atoms in total. The van der Waals surface area contributed by atoms with Crippen LogP contribution in [-0.2, 0) is 5.41 Å². The van der Waals surface area contributed by atoms with E-state index in [1.807, 2.05) is 0 Å². The highest BCUT2D eigenvalue weighted by Crippen LogP contribution is 2.63. The van der Waals surface area contributed by atoms with E-state index in [1.54, 1.807) is 0 Å². The van der Waals surface area contributed by atoms with Crippen LogP contribution in [0.1, 0.15) is 22.3 Å². The van der Waals surface area contributed by atoms with E-state index in [4.69, 9.17) is 0 Å². The Hall–Kier alpha value is -5.66. The smallest absolute Gasteiger partial charge is 0.0726 e. The zero-order chi connectivity index (χ0) is 31.4. The first-order valence-electron chi connectivity index (χ1n) is 17.3. The van der Waals surface area contributed by atoms with Crippen molar-refractivity contribution in [2.24, 2.45) is 23.7 Å². The summed E-state index contributed by atoms with van der Waals surface area (Å²) in [5, 5.41) is 0. The predicted octanol–water partition coefficient (Wildman–Crippen LogP) is 11.3. The van der Waals surface area contributed by atoms with E-state index < -0.39 is 0 Å². The van der Waals surface area contributed by atoms with Gasteiger partial charge in [-0.2, -0.15) is 0 Å². The van der Waals surface area contributed by atoms with Crippen LogP contribution in [0.5, 0.6) is 0 Å². The van der Waals surface area contributed by atoms with Crippen molar-refractivity contribution in [1.82, 2.24) is 0 Å². The highest BCUT2D eigenvalue weighted by atomic mass is 15.2. The molecule has 4 bridgehead atoms. The molecule has 0 saturated heterocycles. The number of anilines is 2. The molecule has 12 rings (SSSR count). The third-order valence-electron chi connectivity index (χ3n) is 11.7. The summed E-state index contributed by atoms with van der Waals surface area (Å²) in [6.45, 7) is 0. The number of nitrogens with zero attached hydrogens (tertiary/aromatic N) is 1. The van der Waals surface area contributed by atoms with Gasteiger partial charge in [-0.1, -0.05) is 152 Å². The lowest BCUT2D eigenvalue weighted by Gasteiger charge is -2.34. The standard InChI is InChI=1S/C47H33N/c1-2-10-30(11-3-1)31-18-22-33(23-19-31)48(46-29-41-35-25-20-32(46)21-26-36(35)41)34-24-27-40-39-14-6-9-17-44(39)47(45(40)28-34)42-15-7-4-12-37(42)38-13-5-8-16-43(38)47/h1-29,32,35-36,41H. The number of allylic oxidation sites excluding steroid dienone is 4. The molecule has 0 amide bonds. The lowest BCUT2D eigenvalue weighted by atomic mass is 9.70.